The quantitative estimate of drug-likeness (QED) is 0.615. The van der Waals surface area contributed by atoms with Crippen LogP contribution in [0.1, 0.15) is 12.5 Å². The average Bonchev–Trinajstić information content (AvgIpc) is 2.68. The molecule has 3 aromatic rings. The first kappa shape index (κ1) is 18.3. The molecule has 0 aliphatic heterocycles. The molecule has 0 saturated carbocycles. The lowest BCUT2D eigenvalue weighted by Gasteiger charge is -2.12. The van der Waals surface area contributed by atoms with Crippen molar-refractivity contribution in [1.82, 2.24) is 0 Å². The molecule has 0 aliphatic carbocycles. The molecule has 1 unspecified atom stereocenters. The Morgan fingerprint density at radius 1 is 0.852 bits per heavy atom. The first-order valence-corrected chi connectivity index (χ1v) is 8.54. The van der Waals surface area contributed by atoms with Gasteiger partial charge in [0.2, 0.25) is 0 Å². The van der Waals surface area contributed by atoms with E-state index in [1.807, 2.05) is 54.6 Å². The maximum atomic E-state index is 10.8. The molecular formula is C22H20O5. The Kier molecular flexibility index (Phi) is 5.94. The third-order valence-corrected chi connectivity index (χ3v) is 3.77. The molecule has 1 atom stereocenters. The number of aliphatic carboxylic acids is 1. The van der Waals surface area contributed by atoms with Crippen molar-refractivity contribution in [1.29, 1.82) is 0 Å². The van der Waals surface area contributed by atoms with Gasteiger partial charge in [0.1, 0.15) is 29.6 Å². The van der Waals surface area contributed by atoms with E-state index in [4.69, 9.17) is 19.3 Å². The van der Waals surface area contributed by atoms with Crippen LogP contribution in [0, 0.1) is 0 Å². The van der Waals surface area contributed by atoms with Crippen molar-refractivity contribution in [3.63, 3.8) is 0 Å². The number of para-hydroxylation sites is 1. The minimum Gasteiger partial charge on any atom is -0.489 e. The summed E-state index contributed by atoms with van der Waals surface area (Å²) in [5.74, 6) is 1.67. The summed E-state index contributed by atoms with van der Waals surface area (Å²) in [6.45, 7) is 1.87. The molecule has 0 spiro atoms. The Hall–Kier alpha value is -3.47. The number of hydrogen-bond acceptors (Lipinski definition) is 4. The second-order valence-corrected chi connectivity index (χ2v) is 5.92. The molecular weight excluding hydrogens is 344 g/mol. The standard InChI is InChI=1S/C22H20O5/c1-16(22(23)24)26-20-12-10-18(11-13-20)25-15-17-6-5-9-21(14-17)27-19-7-3-2-4-8-19/h2-14,16H,15H2,1H3,(H,23,24). The molecule has 0 saturated heterocycles. The zero-order chi connectivity index (χ0) is 19.1. The zero-order valence-electron chi connectivity index (χ0n) is 14.9. The smallest absolute Gasteiger partial charge is 0.344 e. The highest BCUT2D eigenvalue weighted by Gasteiger charge is 2.12. The van der Waals surface area contributed by atoms with Crippen LogP contribution in [-0.4, -0.2) is 17.2 Å². The summed E-state index contributed by atoms with van der Waals surface area (Å²) in [6, 6.07) is 24.2. The fourth-order valence-corrected chi connectivity index (χ4v) is 2.36. The Balaban J connectivity index is 1.57. The monoisotopic (exact) mass is 364 g/mol. The lowest BCUT2D eigenvalue weighted by Crippen LogP contribution is -2.22. The largest absolute Gasteiger partial charge is 0.489 e. The second-order valence-electron chi connectivity index (χ2n) is 5.92. The van der Waals surface area contributed by atoms with Crippen molar-refractivity contribution in [3.05, 3.63) is 84.4 Å². The summed E-state index contributed by atoms with van der Waals surface area (Å²) in [5.41, 5.74) is 0.975. The van der Waals surface area contributed by atoms with E-state index in [0.717, 1.165) is 17.1 Å². The Morgan fingerprint density at radius 2 is 1.52 bits per heavy atom. The molecule has 1 N–H and O–H groups in total. The summed E-state index contributed by atoms with van der Waals surface area (Å²) in [6.07, 6.45) is -0.899. The van der Waals surface area contributed by atoms with Crippen LogP contribution in [-0.2, 0) is 11.4 Å². The van der Waals surface area contributed by atoms with E-state index >= 15 is 0 Å². The van der Waals surface area contributed by atoms with Gasteiger partial charge in [0, 0.05) is 0 Å². The number of carboxylic acid groups (broad SMARTS) is 1. The highest BCUT2D eigenvalue weighted by atomic mass is 16.5. The molecule has 0 aromatic heterocycles. The molecule has 0 fully saturated rings. The van der Waals surface area contributed by atoms with Crippen molar-refractivity contribution in [2.75, 3.05) is 0 Å². The van der Waals surface area contributed by atoms with Gasteiger partial charge in [-0.15, -0.1) is 0 Å². The molecule has 27 heavy (non-hydrogen) atoms. The Morgan fingerprint density at radius 3 is 2.22 bits per heavy atom. The lowest BCUT2D eigenvalue weighted by atomic mass is 10.2. The molecule has 3 aromatic carbocycles. The first-order valence-electron chi connectivity index (χ1n) is 8.54. The van der Waals surface area contributed by atoms with Crippen LogP contribution < -0.4 is 14.2 Å². The number of rotatable bonds is 8. The summed E-state index contributed by atoms with van der Waals surface area (Å²) in [4.78, 5) is 10.8. The van der Waals surface area contributed by atoms with Crippen molar-refractivity contribution in [2.24, 2.45) is 0 Å². The third kappa shape index (κ3) is 5.51. The molecule has 0 amide bonds. The molecule has 5 nitrogen and oxygen atoms in total. The fraction of sp³-hybridized carbons (Fsp3) is 0.136. The molecule has 0 radical (unpaired) electrons. The van der Waals surface area contributed by atoms with Gasteiger partial charge >= 0.3 is 5.97 Å². The van der Waals surface area contributed by atoms with Crippen LogP contribution in [0.4, 0.5) is 0 Å². The maximum absolute atomic E-state index is 10.8. The summed E-state index contributed by atoms with van der Waals surface area (Å²) in [7, 11) is 0. The van der Waals surface area contributed by atoms with Gasteiger partial charge in [-0.1, -0.05) is 30.3 Å². The van der Waals surface area contributed by atoms with Crippen LogP contribution in [0.15, 0.2) is 78.9 Å². The van der Waals surface area contributed by atoms with E-state index in [2.05, 4.69) is 0 Å². The van der Waals surface area contributed by atoms with Crippen LogP contribution in [0.25, 0.3) is 0 Å². The van der Waals surface area contributed by atoms with Crippen LogP contribution in [0.5, 0.6) is 23.0 Å². The van der Waals surface area contributed by atoms with Gasteiger partial charge in [-0.25, -0.2) is 4.79 Å². The predicted octanol–water partition coefficient (Wildman–Crippen LogP) is 4.91. The van der Waals surface area contributed by atoms with Gasteiger partial charge in [0.15, 0.2) is 6.10 Å². The topological polar surface area (TPSA) is 65.0 Å². The lowest BCUT2D eigenvalue weighted by molar-refractivity contribution is -0.144. The van der Waals surface area contributed by atoms with Crippen LogP contribution in [0.3, 0.4) is 0 Å². The maximum Gasteiger partial charge on any atom is 0.344 e. The van der Waals surface area contributed by atoms with E-state index < -0.39 is 12.1 Å². The molecule has 5 heteroatoms. The molecule has 3 rings (SSSR count). The van der Waals surface area contributed by atoms with Crippen molar-refractivity contribution in [3.8, 4) is 23.0 Å². The number of carboxylic acids is 1. The van der Waals surface area contributed by atoms with E-state index in [0.29, 0.717) is 18.1 Å². The zero-order valence-corrected chi connectivity index (χ0v) is 14.9. The van der Waals surface area contributed by atoms with Gasteiger partial charge in [-0.3, -0.25) is 0 Å². The number of benzene rings is 3. The van der Waals surface area contributed by atoms with Gasteiger partial charge < -0.3 is 19.3 Å². The van der Waals surface area contributed by atoms with E-state index in [9.17, 15) is 4.79 Å². The summed E-state index contributed by atoms with van der Waals surface area (Å²) < 4.78 is 16.9. The third-order valence-electron chi connectivity index (χ3n) is 3.77. The van der Waals surface area contributed by atoms with Crippen molar-refractivity contribution >= 4 is 5.97 Å². The summed E-state index contributed by atoms with van der Waals surface area (Å²) >= 11 is 0. The first-order chi connectivity index (χ1) is 13.1. The van der Waals surface area contributed by atoms with Crippen molar-refractivity contribution < 1.29 is 24.1 Å². The highest BCUT2D eigenvalue weighted by Crippen LogP contribution is 2.23. The number of hydrogen-bond donors (Lipinski definition) is 1. The van der Waals surface area contributed by atoms with Gasteiger partial charge in [-0.2, -0.15) is 0 Å². The summed E-state index contributed by atoms with van der Waals surface area (Å²) in [5, 5.41) is 8.86. The molecule has 0 heterocycles. The van der Waals surface area contributed by atoms with Crippen molar-refractivity contribution in [2.45, 2.75) is 19.6 Å². The van der Waals surface area contributed by atoms with Crippen LogP contribution >= 0.6 is 0 Å². The normalized spacial score (nSPS) is 11.4. The molecule has 138 valence electrons. The Bertz CT molecular complexity index is 875. The Labute approximate surface area is 157 Å². The van der Waals surface area contributed by atoms with Gasteiger partial charge in [-0.05, 0) is 61.0 Å². The fourth-order valence-electron chi connectivity index (χ4n) is 2.36. The second kappa shape index (κ2) is 8.76. The van der Waals surface area contributed by atoms with Crippen LogP contribution in [0.2, 0.25) is 0 Å². The van der Waals surface area contributed by atoms with Gasteiger partial charge in [0.25, 0.3) is 0 Å². The molecule has 0 bridgehead atoms. The number of carbonyl (C=O) groups is 1. The minimum atomic E-state index is -1.01. The van der Waals surface area contributed by atoms with E-state index in [1.165, 1.54) is 6.92 Å². The average molecular weight is 364 g/mol. The van der Waals surface area contributed by atoms with Gasteiger partial charge in [0.05, 0.1) is 0 Å². The predicted molar refractivity (Wildman–Crippen MR) is 101 cm³/mol. The minimum absolute atomic E-state index is 0.387. The molecule has 0 aliphatic rings. The van der Waals surface area contributed by atoms with E-state index in [-0.39, 0.29) is 0 Å². The highest BCUT2D eigenvalue weighted by molar-refractivity contribution is 5.72. The van der Waals surface area contributed by atoms with E-state index in [1.54, 1.807) is 24.3 Å². The number of ether oxygens (including phenoxy) is 3. The SMILES string of the molecule is CC(Oc1ccc(OCc2cccc(Oc3ccccc3)c2)cc1)C(=O)O.